The average molecular weight is 514 g/mol. The van der Waals surface area contributed by atoms with Gasteiger partial charge in [-0.1, -0.05) is 35.5 Å². The molecule has 10 heteroatoms. The van der Waals surface area contributed by atoms with Crippen LogP contribution in [0.1, 0.15) is 35.4 Å². The fourth-order valence-electron chi connectivity index (χ4n) is 4.14. The second kappa shape index (κ2) is 11.0. The minimum Gasteiger partial charge on any atom is -0.497 e. The molecule has 0 bridgehead atoms. The van der Waals surface area contributed by atoms with Crippen molar-refractivity contribution in [2.75, 3.05) is 20.2 Å². The lowest BCUT2D eigenvalue weighted by Gasteiger charge is -2.30. The number of piperidine rings is 1. The van der Waals surface area contributed by atoms with Crippen molar-refractivity contribution >= 4 is 28.1 Å². The third kappa shape index (κ3) is 5.66. The van der Waals surface area contributed by atoms with Crippen molar-refractivity contribution in [1.82, 2.24) is 14.8 Å². The lowest BCUT2D eigenvalue weighted by molar-refractivity contribution is -0.126. The van der Waals surface area contributed by atoms with Crippen molar-refractivity contribution in [3.05, 3.63) is 76.9 Å². The molecule has 0 radical (unpaired) electrons. The van der Waals surface area contributed by atoms with Crippen LogP contribution < -0.4 is 10.1 Å². The summed E-state index contributed by atoms with van der Waals surface area (Å²) in [7, 11) is -2.32. The van der Waals surface area contributed by atoms with Gasteiger partial charge in [0.15, 0.2) is 10.7 Å². The van der Waals surface area contributed by atoms with E-state index >= 15 is 0 Å². The third-order valence-corrected chi connectivity index (χ3v) is 8.26. The van der Waals surface area contributed by atoms with E-state index in [9.17, 15) is 17.6 Å². The Balaban J connectivity index is 1.39. The van der Waals surface area contributed by atoms with Gasteiger partial charge in [-0.3, -0.25) is 4.79 Å². The van der Waals surface area contributed by atoms with Gasteiger partial charge in [0.1, 0.15) is 17.3 Å². The molecule has 3 aromatic rings. The topological polar surface area (TPSA) is 102 Å². The highest BCUT2D eigenvalue weighted by atomic mass is 32.2. The van der Waals surface area contributed by atoms with E-state index in [0.29, 0.717) is 24.9 Å². The Hall–Kier alpha value is -3.50. The highest BCUT2D eigenvalue weighted by Crippen LogP contribution is 2.29. The molecule has 0 atom stereocenters. The van der Waals surface area contributed by atoms with Gasteiger partial charge in [-0.05, 0) is 55.7 Å². The summed E-state index contributed by atoms with van der Waals surface area (Å²) in [6.07, 6.45) is 3.66. The Morgan fingerprint density at radius 1 is 1.17 bits per heavy atom. The predicted octanol–water partition coefficient (Wildman–Crippen LogP) is 4.02. The fourth-order valence-corrected chi connectivity index (χ4v) is 5.86. The minimum atomic E-state index is -3.92. The van der Waals surface area contributed by atoms with E-state index in [4.69, 9.17) is 9.26 Å². The molecular weight excluding hydrogens is 485 g/mol. The highest BCUT2D eigenvalue weighted by molar-refractivity contribution is 7.89. The van der Waals surface area contributed by atoms with Gasteiger partial charge in [0.25, 0.3) is 0 Å². The summed E-state index contributed by atoms with van der Waals surface area (Å²) >= 11 is 0. The maximum Gasteiger partial charge on any atom is 0.248 e. The zero-order valence-corrected chi connectivity index (χ0v) is 20.9. The number of ether oxygens (including phenoxy) is 1. The van der Waals surface area contributed by atoms with Gasteiger partial charge in [-0.2, -0.15) is 4.31 Å². The molecule has 0 saturated carbocycles. The van der Waals surface area contributed by atoms with Crippen molar-refractivity contribution in [3.8, 4) is 5.75 Å². The Kier molecular flexibility index (Phi) is 7.85. The molecule has 1 aliphatic heterocycles. The molecule has 36 heavy (non-hydrogen) atoms. The summed E-state index contributed by atoms with van der Waals surface area (Å²) in [6, 6.07) is 13.6. The van der Waals surface area contributed by atoms with Gasteiger partial charge in [0.2, 0.25) is 15.9 Å². The maximum atomic E-state index is 13.9. The van der Waals surface area contributed by atoms with Gasteiger partial charge < -0.3 is 14.6 Å². The molecule has 1 fully saturated rings. The number of methoxy groups -OCH3 is 1. The third-order valence-electron chi connectivity index (χ3n) is 6.20. The molecule has 1 aliphatic rings. The van der Waals surface area contributed by atoms with E-state index in [1.807, 2.05) is 24.3 Å². The van der Waals surface area contributed by atoms with Crippen LogP contribution in [0.2, 0.25) is 0 Å². The van der Waals surface area contributed by atoms with Crippen molar-refractivity contribution < 1.29 is 26.9 Å². The van der Waals surface area contributed by atoms with Crippen molar-refractivity contribution in [2.24, 2.45) is 5.92 Å². The van der Waals surface area contributed by atoms with Gasteiger partial charge in [-0.25, -0.2) is 12.8 Å². The summed E-state index contributed by atoms with van der Waals surface area (Å²) in [5.74, 6) is -0.0272. The average Bonchev–Trinajstić information content (AvgIpc) is 3.28. The van der Waals surface area contributed by atoms with Crippen LogP contribution in [0.5, 0.6) is 5.75 Å². The number of hydrogen-bond donors (Lipinski definition) is 1. The number of aryl methyl sites for hydroxylation is 1. The Labute approximate surface area is 209 Å². The minimum absolute atomic E-state index is 0.0371. The second-order valence-electron chi connectivity index (χ2n) is 8.56. The van der Waals surface area contributed by atoms with E-state index in [1.165, 1.54) is 22.5 Å². The monoisotopic (exact) mass is 513 g/mol. The number of nitrogens with zero attached hydrogens (tertiary/aromatic N) is 2. The lowest BCUT2D eigenvalue weighted by atomic mass is 9.97. The molecule has 2 heterocycles. The molecule has 1 aromatic heterocycles. The van der Waals surface area contributed by atoms with Crippen LogP contribution in [0.3, 0.4) is 0 Å². The second-order valence-corrected chi connectivity index (χ2v) is 10.4. The van der Waals surface area contributed by atoms with E-state index in [0.717, 1.165) is 11.3 Å². The van der Waals surface area contributed by atoms with E-state index in [1.54, 1.807) is 32.2 Å². The number of sulfonamides is 1. The summed E-state index contributed by atoms with van der Waals surface area (Å²) in [5, 5.41) is 6.75. The molecule has 4 rings (SSSR count). The number of rotatable bonds is 8. The SMILES string of the molecule is COc1ccc(CNC(=O)C2CCN(S(=O)(=O)c3c(C)noc3C=Cc3ccccc3F)CC2)cc1. The Bertz CT molecular complexity index is 1340. The molecular formula is C26H28FN3O5S. The quantitative estimate of drug-likeness (QED) is 0.488. The number of carbonyl (C=O) groups is 1. The van der Waals surface area contributed by atoms with E-state index in [-0.39, 0.29) is 41.3 Å². The fraction of sp³-hybridized carbons (Fsp3) is 0.308. The normalized spacial score (nSPS) is 15.3. The van der Waals surface area contributed by atoms with Crippen molar-refractivity contribution in [3.63, 3.8) is 0 Å². The first kappa shape index (κ1) is 25.6. The van der Waals surface area contributed by atoms with Crippen LogP contribution in [0, 0.1) is 18.7 Å². The Morgan fingerprint density at radius 2 is 1.86 bits per heavy atom. The Morgan fingerprint density at radius 3 is 2.53 bits per heavy atom. The van der Waals surface area contributed by atoms with Crippen molar-refractivity contribution in [1.29, 1.82) is 0 Å². The first-order valence-corrected chi connectivity index (χ1v) is 13.0. The number of benzene rings is 2. The van der Waals surface area contributed by atoms with E-state index in [2.05, 4.69) is 10.5 Å². The van der Waals surface area contributed by atoms with Crippen LogP contribution in [-0.4, -0.2) is 44.0 Å². The predicted molar refractivity (Wildman–Crippen MR) is 133 cm³/mol. The van der Waals surface area contributed by atoms with Gasteiger partial charge >= 0.3 is 0 Å². The largest absolute Gasteiger partial charge is 0.497 e. The summed E-state index contributed by atoms with van der Waals surface area (Å²) in [6.45, 7) is 2.34. The number of amides is 1. The molecule has 8 nitrogen and oxygen atoms in total. The molecule has 0 unspecified atom stereocenters. The molecule has 1 saturated heterocycles. The van der Waals surface area contributed by atoms with Crippen LogP contribution in [0.25, 0.3) is 12.2 Å². The summed E-state index contributed by atoms with van der Waals surface area (Å²) in [4.78, 5) is 12.6. The summed E-state index contributed by atoms with van der Waals surface area (Å²) in [5.41, 5.74) is 1.47. The molecule has 2 aromatic carbocycles. The molecule has 1 N–H and O–H groups in total. The highest BCUT2D eigenvalue weighted by Gasteiger charge is 2.35. The van der Waals surface area contributed by atoms with Crippen molar-refractivity contribution in [2.45, 2.75) is 31.2 Å². The first-order chi connectivity index (χ1) is 17.3. The number of carbonyl (C=O) groups excluding carboxylic acids is 1. The number of nitrogens with one attached hydrogen (secondary N) is 1. The van der Waals surface area contributed by atoms with Crippen LogP contribution in [0.4, 0.5) is 4.39 Å². The molecule has 190 valence electrons. The standard InChI is InChI=1S/C26H28FN3O5S/c1-18-25(24(35-29-18)12-9-20-5-3-4-6-23(20)27)36(32,33)30-15-13-21(14-16-30)26(31)28-17-19-7-10-22(34-2)11-8-19/h3-12,21H,13-17H2,1-2H3,(H,28,31). The molecule has 0 spiro atoms. The lowest BCUT2D eigenvalue weighted by Crippen LogP contribution is -2.43. The zero-order chi connectivity index (χ0) is 25.7. The van der Waals surface area contributed by atoms with Crippen LogP contribution in [-0.2, 0) is 21.4 Å². The van der Waals surface area contributed by atoms with Gasteiger partial charge in [-0.15, -0.1) is 0 Å². The first-order valence-electron chi connectivity index (χ1n) is 11.6. The molecule has 1 amide bonds. The number of aromatic nitrogens is 1. The molecule has 0 aliphatic carbocycles. The maximum absolute atomic E-state index is 13.9. The van der Waals surface area contributed by atoms with Gasteiger partial charge in [0, 0.05) is 31.1 Å². The van der Waals surface area contributed by atoms with E-state index < -0.39 is 15.8 Å². The van der Waals surface area contributed by atoms with Crippen LogP contribution >= 0.6 is 0 Å². The smallest absolute Gasteiger partial charge is 0.248 e. The number of halogens is 1. The number of hydrogen-bond acceptors (Lipinski definition) is 6. The van der Waals surface area contributed by atoms with Gasteiger partial charge in [0.05, 0.1) is 7.11 Å². The van der Waals surface area contributed by atoms with Crippen LogP contribution in [0.15, 0.2) is 57.9 Å². The zero-order valence-electron chi connectivity index (χ0n) is 20.1. The summed E-state index contributed by atoms with van der Waals surface area (Å²) < 4.78 is 52.5.